The van der Waals surface area contributed by atoms with E-state index in [4.69, 9.17) is 4.84 Å². The second-order valence-electron chi connectivity index (χ2n) is 8.02. The lowest BCUT2D eigenvalue weighted by atomic mass is 9.86. The molecule has 0 spiro atoms. The summed E-state index contributed by atoms with van der Waals surface area (Å²) in [5, 5.41) is 8.01. The van der Waals surface area contributed by atoms with Gasteiger partial charge in [-0.3, -0.25) is 14.6 Å². The number of hydrogen-bond donors (Lipinski definition) is 1. The van der Waals surface area contributed by atoms with Crippen LogP contribution < -0.4 is 5.32 Å². The standard InChI is InChI=1S/C20H28N4O2S/c1-20(2,3)26-24(14-25)12-15-7-9-16(10-8-15)22-19-23-18(13-27-19)17-6-4-5-11-21-17/h4-6,11,13-16H,7-10,12H2,1-3H3,(H,22,23)/t15-,16-. The maximum atomic E-state index is 11.3. The van der Waals surface area contributed by atoms with E-state index >= 15 is 0 Å². The van der Waals surface area contributed by atoms with Crippen molar-refractivity contribution in [3.8, 4) is 11.4 Å². The summed E-state index contributed by atoms with van der Waals surface area (Å²) in [5.74, 6) is 0.482. The lowest BCUT2D eigenvalue weighted by Gasteiger charge is -2.33. The lowest BCUT2D eigenvalue weighted by Crippen LogP contribution is -2.38. The van der Waals surface area contributed by atoms with Crippen LogP contribution in [0.4, 0.5) is 5.13 Å². The molecule has 27 heavy (non-hydrogen) atoms. The average molecular weight is 389 g/mol. The molecule has 6 nitrogen and oxygen atoms in total. The van der Waals surface area contributed by atoms with E-state index in [1.54, 1.807) is 17.5 Å². The molecule has 2 aromatic heterocycles. The minimum absolute atomic E-state index is 0.351. The van der Waals surface area contributed by atoms with Crippen LogP contribution in [0.5, 0.6) is 0 Å². The van der Waals surface area contributed by atoms with Gasteiger partial charge in [0.15, 0.2) is 5.13 Å². The quantitative estimate of drug-likeness (QED) is 0.564. The molecule has 0 atom stereocenters. The number of hydroxylamine groups is 2. The first-order valence-electron chi connectivity index (χ1n) is 9.47. The van der Waals surface area contributed by atoms with Crippen LogP contribution in [-0.2, 0) is 9.63 Å². The number of rotatable bonds is 7. The molecule has 1 saturated carbocycles. The molecule has 2 aromatic rings. The number of anilines is 1. The zero-order chi connectivity index (χ0) is 19.3. The molecule has 0 saturated heterocycles. The van der Waals surface area contributed by atoms with Crippen molar-refractivity contribution in [1.29, 1.82) is 0 Å². The van der Waals surface area contributed by atoms with Crippen molar-refractivity contribution in [3.05, 3.63) is 29.8 Å². The molecule has 1 amide bonds. The van der Waals surface area contributed by atoms with Crippen LogP contribution in [0.3, 0.4) is 0 Å². The number of carbonyl (C=O) groups is 1. The van der Waals surface area contributed by atoms with Crippen LogP contribution >= 0.6 is 11.3 Å². The number of carbonyl (C=O) groups excluding carboxylic acids is 1. The smallest absolute Gasteiger partial charge is 0.233 e. The summed E-state index contributed by atoms with van der Waals surface area (Å²) in [6.07, 6.45) is 6.89. The maximum Gasteiger partial charge on any atom is 0.233 e. The topological polar surface area (TPSA) is 67.3 Å². The Morgan fingerprint density at radius 1 is 1.26 bits per heavy atom. The van der Waals surface area contributed by atoms with Gasteiger partial charge in [0.2, 0.25) is 6.41 Å². The van der Waals surface area contributed by atoms with Crippen molar-refractivity contribution < 1.29 is 9.63 Å². The highest BCUT2D eigenvalue weighted by Gasteiger charge is 2.25. The Kier molecular flexibility index (Phi) is 6.44. The average Bonchev–Trinajstić information content (AvgIpc) is 3.11. The zero-order valence-corrected chi connectivity index (χ0v) is 17.0. The molecule has 0 bridgehead atoms. The number of aromatic nitrogens is 2. The summed E-state index contributed by atoms with van der Waals surface area (Å²) in [4.78, 5) is 26.0. The molecule has 1 aliphatic carbocycles. The Labute approximate surface area is 164 Å². The Balaban J connectivity index is 1.47. The van der Waals surface area contributed by atoms with E-state index in [0.717, 1.165) is 48.6 Å². The first-order chi connectivity index (χ1) is 12.9. The van der Waals surface area contributed by atoms with Gasteiger partial charge in [0.25, 0.3) is 0 Å². The van der Waals surface area contributed by atoms with Crippen LogP contribution in [0.1, 0.15) is 46.5 Å². The molecule has 0 radical (unpaired) electrons. The van der Waals surface area contributed by atoms with Gasteiger partial charge in [-0.25, -0.2) is 10.0 Å². The van der Waals surface area contributed by atoms with Gasteiger partial charge in [-0.05, 0) is 64.5 Å². The van der Waals surface area contributed by atoms with E-state index in [9.17, 15) is 4.79 Å². The summed E-state index contributed by atoms with van der Waals surface area (Å²) < 4.78 is 0. The van der Waals surface area contributed by atoms with Crippen LogP contribution in [0.25, 0.3) is 11.4 Å². The third-order valence-electron chi connectivity index (χ3n) is 4.55. The number of nitrogens with one attached hydrogen (secondary N) is 1. The highest BCUT2D eigenvalue weighted by atomic mass is 32.1. The molecule has 0 aliphatic heterocycles. The van der Waals surface area contributed by atoms with Gasteiger partial charge in [0, 0.05) is 17.6 Å². The molecule has 1 fully saturated rings. The molecule has 1 N–H and O–H groups in total. The van der Waals surface area contributed by atoms with Crippen molar-refractivity contribution in [2.45, 2.75) is 58.1 Å². The molecule has 0 unspecified atom stereocenters. The van der Waals surface area contributed by atoms with Crippen molar-refractivity contribution in [2.24, 2.45) is 5.92 Å². The number of amides is 1. The first-order valence-corrected chi connectivity index (χ1v) is 10.4. The number of nitrogens with zero attached hydrogens (tertiary/aromatic N) is 3. The third-order valence-corrected chi connectivity index (χ3v) is 5.33. The predicted molar refractivity (Wildman–Crippen MR) is 108 cm³/mol. The summed E-state index contributed by atoms with van der Waals surface area (Å²) >= 11 is 1.62. The molecule has 3 rings (SSSR count). The highest BCUT2D eigenvalue weighted by Crippen LogP contribution is 2.30. The van der Waals surface area contributed by atoms with E-state index in [0.29, 0.717) is 18.5 Å². The van der Waals surface area contributed by atoms with Gasteiger partial charge in [-0.2, -0.15) is 0 Å². The molecular formula is C20H28N4O2S. The van der Waals surface area contributed by atoms with E-state index in [1.165, 1.54) is 5.06 Å². The Morgan fingerprint density at radius 3 is 2.67 bits per heavy atom. The molecule has 0 aromatic carbocycles. The van der Waals surface area contributed by atoms with Crippen molar-refractivity contribution in [1.82, 2.24) is 15.0 Å². The fourth-order valence-electron chi connectivity index (χ4n) is 3.34. The SMILES string of the molecule is CC(C)(C)ON(C=O)C[C@H]1CC[C@H](Nc2nc(-c3ccccn3)cs2)CC1. The fourth-order valence-corrected chi connectivity index (χ4v) is 4.13. The Hall–Kier alpha value is -1.99. The number of pyridine rings is 1. The monoisotopic (exact) mass is 388 g/mol. The zero-order valence-electron chi connectivity index (χ0n) is 16.2. The van der Waals surface area contributed by atoms with Crippen LogP contribution in [0.2, 0.25) is 0 Å². The number of hydrogen-bond acceptors (Lipinski definition) is 6. The van der Waals surface area contributed by atoms with Crippen LogP contribution in [0, 0.1) is 5.92 Å². The van der Waals surface area contributed by atoms with E-state index in [-0.39, 0.29) is 5.60 Å². The van der Waals surface area contributed by atoms with Crippen molar-refractivity contribution >= 4 is 22.9 Å². The van der Waals surface area contributed by atoms with E-state index < -0.39 is 0 Å². The molecule has 146 valence electrons. The van der Waals surface area contributed by atoms with Gasteiger partial charge < -0.3 is 5.32 Å². The summed E-state index contributed by atoms with van der Waals surface area (Å²) in [6, 6.07) is 6.29. The maximum absolute atomic E-state index is 11.3. The van der Waals surface area contributed by atoms with Crippen LogP contribution in [0.15, 0.2) is 29.8 Å². The second kappa shape index (κ2) is 8.80. The minimum Gasteiger partial charge on any atom is -0.359 e. The molecular weight excluding hydrogens is 360 g/mol. The van der Waals surface area contributed by atoms with Crippen molar-refractivity contribution in [3.63, 3.8) is 0 Å². The number of thiazole rings is 1. The van der Waals surface area contributed by atoms with Crippen LogP contribution in [-0.4, -0.2) is 39.6 Å². The second-order valence-corrected chi connectivity index (χ2v) is 8.88. The van der Waals surface area contributed by atoms with Crippen molar-refractivity contribution in [2.75, 3.05) is 11.9 Å². The molecule has 1 aliphatic rings. The Morgan fingerprint density at radius 2 is 2.04 bits per heavy atom. The highest BCUT2D eigenvalue weighted by molar-refractivity contribution is 7.14. The van der Waals surface area contributed by atoms with Gasteiger partial charge in [0.05, 0.1) is 17.8 Å². The van der Waals surface area contributed by atoms with E-state index in [1.807, 2.05) is 44.4 Å². The van der Waals surface area contributed by atoms with E-state index in [2.05, 4.69) is 15.3 Å². The van der Waals surface area contributed by atoms with Gasteiger partial charge in [-0.1, -0.05) is 6.07 Å². The first kappa shape index (κ1) is 19.8. The summed E-state index contributed by atoms with van der Waals surface area (Å²) in [5.41, 5.74) is 1.46. The summed E-state index contributed by atoms with van der Waals surface area (Å²) in [6.45, 7) is 6.53. The fraction of sp³-hybridized carbons (Fsp3) is 0.550. The third kappa shape index (κ3) is 6.01. The summed E-state index contributed by atoms with van der Waals surface area (Å²) in [7, 11) is 0. The van der Waals surface area contributed by atoms with Gasteiger partial charge >= 0.3 is 0 Å². The van der Waals surface area contributed by atoms with Gasteiger partial charge in [-0.15, -0.1) is 11.3 Å². The molecule has 2 heterocycles. The largest absolute Gasteiger partial charge is 0.359 e. The van der Waals surface area contributed by atoms with Gasteiger partial charge in [0.1, 0.15) is 5.69 Å². The normalized spacial score (nSPS) is 20.3. The predicted octanol–water partition coefficient (Wildman–Crippen LogP) is 4.36. The minimum atomic E-state index is -0.351. The Bertz CT molecular complexity index is 721. The lowest BCUT2D eigenvalue weighted by molar-refractivity contribution is -0.220. The molecule has 7 heteroatoms.